The van der Waals surface area contributed by atoms with Gasteiger partial charge in [-0.3, -0.25) is 9.59 Å². The maximum atomic E-state index is 13.3. The summed E-state index contributed by atoms with van der Waals surface area (Å²) in [5, 5.41) is 0. The lowest BCUT2D eigenvalue weighted by Crippen LogP contribution is -2.38. The number of carbonyl (C=O) groups is 2. The third-order valence-electron chi connectivity index (χ3n) is 3.61. The molecule has 1 aliphatic heterocycles. The summed E-state index contributed by atoms with van der Waals surface area (Å²) in [5.41, 5.74) is 1.72. The molecule has 21 heavy (non-hydrogen) atoms. The number of hydrogen-bond donors (Lipinski definition) is 0. The predicted octanol–water partition coefficient (Wildman–Crippen LogP) is 2.99. The minimum Gasteiger partial charge on any atom is -0.311 e. The summed E-state index contributed by atoms with van der Waals surface area (Å²) in [7, 11) is 0. The molecule has 0 atom stereocenters. The molecule has 0 radical (unpaired) electrons. The van der Waals surface area contributed by atoms with E-state index in [-0.39, 0.29) is 24.5 Å². The fourth-order valence-corrected chi connectivity index (χ4v) is 2.56. The van der Waals surface area contributed by atoms with E-state index in [4.69, 9.17) is 0 Å². The fraction of sp³-hybridized carbons (Fsp3) is 0.176. The van der Waals surface area contributed by atoms with E-state index in [9.17, 15) is 14.0 Å². The number of anilines is 1. The van der Waals surface area contributed by atoms with Crippen molar-refractivity contribution in [2.24, 2.45) is 0 Å². The van der Waals surface area contributed by atoms with E-state index in [1.54, 1.807) is 4.90 Å². The zero-order valence-corrected chi connectivity index (χ0v) is 11.4. The van der Waals surface area contributed by atoms with Gasteiger partial charge in [-0.25, -0.2) is 4.39 Å². The molecular weight excluding hydrogens is 269 g/mol. The maximum absolute atomic E-state index is 13.3. The molecule has 2 aromatic carbocycles. The number of Topliss-reactive ketones (excluding diaryl/α,β-unsaturated/α-hetero) is 1. The van der Waals surface area contributed by atoms with Gasteiger partial charge in [0.2, 0.25) is 5.91 Å². The molecule has 1 heterocycles. The van der Waals surface area contributed by atoms with Crippen LogP contribution in [-0.2, 0) is 11.2 Å². The van der Waals surface area contributed by atoms with Crippen molar-refractivity contribution in [3.8, 4) is 0 Å². The van der Waals surface area contributed by atoms with Crippen molar-refractivity contribution in [1.82, 2.24) is 0 Å². The Balaban J connectivity index is 1.89. The van der Waals surface area contributed by atoms with Crippen LogP contribution in [0.4, 0.5) is 10.1 Å². The van der Waals surface area contributed by atoms with Crippen LogP contribution in [0.5, 0.6) is 0 Å². The molecule has 0 N–H and O–H groups in total. The van der Waals surface area contributed by atoms with Crippen LogP contribution in [0.15, 0.2) is 48.5 Å². The molecule has 0 aromatic heterocycles. The summed E-state index contributed by atoms with van der Waals surface area (Å²) in [5.74, 6) is -0.658. The SMILES string of the molecule is O=C1CCN(C(=O)Cc2ccccc2)c2ccc(F)cc21. The van der Waals surface area contributed by atoms with Crippen LogP contribution in [-0.4, -0.2) is 18.2 Å². The molecule has 4 heteroatoms. The number of fused-ring (bicyclic) bond motifs is 1. The quantitative estimate of drug-likeness (QED) is 0.849. The molecule has 2 aromatic rings. The van der Waals surface area contributed by atoms with Gasteiger partial charge in [-0.2, -0.15) is 0 Å². The molecule has 0 unspecified atom stereocenters. The summed E-state index contributed by atoms with van der Waals surface area (Å²) in [4.78, 5) is 25.9. The standard InChI is InChI=1S/C17H14FNO2/c18-13-6-7-15-14(11-13)16(20)8-9-19(15)17(21)10-12-4-2-1-3-5-12/h1-7,11H,8-10H2. The first-order valence-electron chi connectivity index (χ1n) is 6.82. The molecule has 1 aliphatic rings. The highest BCUT2D eigenvalue weighted by molar-refractivity contribution is 6.09. The zero-order valence-electron chi connectivity index (χ0n) is 11.4. The summed E-state index contributed by atoms with van der Waals surface area (Å²) in [6, 6.07) is 13.4. The Morgan fingerprint density at radius 3 is 2.67 bits per heavy atom. The van der Waals surface area contributed by atoms with E-state index in [2.05, 4.69) is 0 Å². The first-order chi connectivity index (χ1) is 10.1. The van der Waals surface area contributed by atoms with Gasteiger partial charge in [0.05, 0.1) is 12.1 Å². The largest absolute Gasteiger partial charge is 0.311 e. The Labute approximate surface area is 122 Å². The highest BCUT2D eigenvalue weighted by Crippen LogP contribution is 2.28. The number of benzene rings is 2. The molecule has 0 fully saturated rings. The molecule has 3 nitrogen and oxygen atoms in total. The predicted molar refractivity (Wildman–Crippen MR) is 77.8 cm³/mol. The van der Waals surface area contributed by atoms with Gasteiger partial charge in [0.25, 0.3) is 0 Å². The van der Waals surface area contributed by atoms with Crippen molar-refractivity contribution >= 4 is 17.4 Å². The van der Waals surface area contributed by atoms with E-state index >= 15 is 0 Å². The van der Waals surface area contributed by atoms with Crippen molar-refractivity contribution in [1.29, 1.82) is 0 Å². The van der Waals surface area contributed by atoms with Crippen molar-refractivity contribution in [3.05, 3.63) is 65.5 Å². The number of rotatable bonds is 2. The van der Waals surface area contributed by atoms with Gasteiger partial charge in [-0.05, 0) is 23.8 Å². The van der Waals surface area contributed by atoms with Crippen LogP contribution in [0.2, 0.25) is 0 Å². The molecular formula is C17H14FNO2. The maximum Gasteiger partial charge on any atom is 0.231 e. The Morgan fingerprint density at radius 1 is 1.14 bits per heavy atom. The van der Waals surface area contributed by atoms with Crippen molar-refractivity contribution < 1.29 is 14.0 Å². The topological polar surface area (TPSA) is 37.4 Å². The average Bonchev–Trinajstić information content (AvgIpc) is 2.49. The molecule has 0 saturated carbocycles. The van der Waals surface area contributed by atoms with E-state index < -0.39 is 5.82 Å². The van der Waals surface area contributed by atoms with E-state index in [0.717, 1.165) is 5.56 Å². The van der Waals surface area contributed by atoms with Crippen LogP contribution in [0, 0.1) is 5.82 Å². The zero-order chi connectivity index (χ0) is 14.8. The van der Waals surface area contributed by atoms with Crippen molar-refractivity contribution in [2.45, 2.75) is 12.8 Å². The Bertz CT molecular complexity index is 697. The first kappa shape index (κ1) is 13.5. The molecule has 3 rings (SSSR count). The van der Waals surface area contributed by atoms with Gasteiger partial charge < -0.3 is 4.90 Å². The van der Waals surface area contributed by atoms with Gasteiger partial charge in [-0.15, -0.1) is 0 Å². The third-order valence-corrected chi connectivity index (χ3v) is 3.61. The van der Waals surface area contributed by atoms with Crippen LogP contribution < -0.4 is 4.90 Å². The number of carbonyl (C=O) groups excluding carboxylic acids is 2. The van der Waals surface area contributed by atoms with Crippen LogP contribution in [0.25, 0.3) is 0 Å². The third kappa shape index (κ3) is 2.70. The Kier molecular flexibility index (Phi) is 3.52. The second-order valence-corrected chi connectivity index (χ2v) is 5.04. The molecule has 0 bridgehead atoms. The highest BCUT2D eigenvalue weighted by atomic mass is 19.1. The Hall–Kier alpha value is -2.49. The molecule has 106 valence electrons. The number of hydrogen-bond acceptors (Lipinski definition) is 2. The van der Waals surface area contributed by atoms with Gasteiger partial charge in [0, 0.05) is 18.5 Å². The van der Waals surface area contributed by atoms with Crippen LogP contribution >= 0.6 is 0 Å². The number of ketones is 1. The number of halogens is 1. The molecule has 0 aliphatic carbocycles. The number of amides is 1. The lowest BCUT2D eigenvalue weighted by atomic mass is 9.99. The minimum absolute atomic E-state index is 0.0819. The smallest absolute Gasteiger partial charge is 0.231 e. The lowest BCUT2D eigenvalue weighted by molar-refractivity contribution is -0.118. The van der Waals surface area contributed by atoms with E-state index in [1.165, 1.54) is 18.2 Å². The highest BCUT2D eigenvalue weighted by Gasteiger charge is 2.27. The summed E-state index contributed by atoms with van der Waals surface area (Å²) >= 11 is 0. The normalized spacial score (nSPS) is 14.0. The van der Waals surface area contributed by atoms with E-state index in [1.807, 2.05) is 30.3 Å². The summed E-state index contributed by atoms with van der Waals surface area (Å²) < 4.78 is 13.3. The second-order valence-electron chi connectivity index (χ2n) is 5.04. The molecule has 0 saturated heterocycles. The molecule has 0 spiro atoms. The van der Waals surface area contributed by atoms with Crippen molar-refractivity contribution in [3.63, 3.8) is 0 Å². The van der Waals surface area contributed by atoms with Crippen molar-refractivity contribution in [2.75, 3.05) is 11.4 Å². The molecule has 1 amide bonds. The summed E-state index contributed by atoms with van der Waals surface area (Å²) in [6.07, 6.45) is 0.503. The first-order valence-corrected chi connectivity index (χ1v) is 6.82. The number of nitrogens with zero attached hydrogens (tertiary/aromatic N) is 1. The minimum atomic E-state index is -0.459. The monoisotopic (exact) mass is 283 g/mol. The van der Waals surface area contributed by atoms with Gasteiger partial charge in [-0.1, -0.05) is 30.3 Å². The van der Waals surface area contributed by atoms with Crippen LogP contribution in [0.3, 0.4) is 0 Å². The van der Waals surface area contributed by atoms with Gasteiger partial charge in [0.15, 0.2) is 5.78 Å². The van der Waals surface area contributed by atoms with Gasteiger partial charge in [0.1, 0.15) is 5.82 Å². The lowest BCUT2D eigenvalue weighted by Gasteiger charge is -2.28. The second kappa shape index (κ2) is 5.48. The average molecular weight is 283 g/mol. The van der Waals surface area contributed by atoms with Crippen LogP contribution in [0.1, 0.15) is 22.3 Å². The van der Waals surface area contributed by atoms with E-state index in [0.29, 0.717) is 17.8 Å². The Morgan fingerprint density at radius 2 is 1.90 bits per heavy atom. The fourth-order valence-electron chi connectivity index (χ4n) is 2.56. The van der Waals surface area contributed by atoms with Gasteiger partial charge >= 0.3 is 0 Å². The summed E-state index contributed by atoms with van der Waals surface area (Å²) in [6.45, 7) is 0.350.